The summed E-state index contributed by atoms with van der Waals surface area (Å²) in [7, 11) is -1.89. The molecule has 0 aliphatic carbocycles. The number of fused-ring (bicyclic) bond motifs is 2. The lowest BCUT2D eigenvalue weighted by Gasteiger charge is -2.30. The number of carbonyl (C=O) groups excluding carboxylic acids is 1. The lowest BCUT2D eigenvalue weighted by atomic mass is 9.96. The number of methoxy groups -OCH3 is 1. The average Bonchev–Trinajstić information content (AvgIpc) is 3.26. The van der Waals surface area contributed by atoms with Gasteiger partial charge in [-0.15, -0.1) is 0 Å². The summed E-state index contributed by atoms with van der Waals surface area (Å²) in [5, 5.41) is 10.4. The third kappa shape index (κ3) is 3.30. The van der Waals surface area contributed by atoms with Crippen LogP contribution in [-0.2, 0) is 9.84 Å². The van der Waals surface area contributed by atoms with Gasteiger partial charge < -0.3 is 19.2 Å². The van der Waals surface area contributed by atoms with Crippen molar-refractivity contribution < 1.29 is 27.5 Å². The summed E-state index contributed by atoms with van der Waals surface area (Å²) in [6, 6.07) is 6.74. The van der Waals surface area contributed by atoms with Crippen LogP contribution in [0.1, 0.15) is 45.3 Å². The van der Waals surface area contributed by atoms with E-state index in [9.17, 15) is 23.1 Å². The molecule has 2 unspecified atom stereocenters. The number of amides is 1. The second-order valence-electron chi connectivity index (χ2n) is 8.74. The number of rotatable bonds is 3. The van der Waals surface area contributed by atoms with Gasteiger partial charge in [-0.1, -0.05) is 12.1 Å². The number of phenolic OH excluding ortho intramolecular Hbond substituents is 1. The average molecular weight is 470 g/mol. The molecule has 1 amide bonds. The van der Waals surface area contributed by atoms with E-state index >= 15 is 0 Å². The Hall–Kier alpha value is -3.33. The van der Waals surface area contributed by atoms with E-state index in [-0.39, 0.29) is 46.2 Å². The second-order valence-corrected chi connectivity index (χ2v) is 11.0. The van der Waals surface area contributed by atoms with Crippen molar-refractivity contribution in [2.24, 2.45) is 0 Å². The molecular weight excluding hydrogens is 446 g/mol. The van der Waals surface area contributed by atoms with E-state index in [1.54, 1.807) is 18.2 Å². The molecule has 2 aliphatic rings. The van der Waals surface area contributed by atoms with Gasteiger partial charge in [0.25, 0.3) is 5.91 Å². The number of hydrogen-bond donors (Lipinski definition) is 1. The number of carbonyl (C=O) groups is 1. The molecule has 2 aliphatic heterocycles. The molecule has 0 saturated carbocycles. The predicted molar refractivity (Wildman–Crippen MR) is 122 cm³/mol. The number of aromatic hydroxyl groups is 1. The highest BCUT2D eigenvalue weighted by Gasteiger charge is 2.48. The molecule has 0 spiro atoms. The van der Waals surface area contributed by atoms with Gasteiger partial charge in [-0.3, -0.25) is 9.59 Å². The minimum Gasteiger partial charge on any atom is -0.504 e. The van der Waals surface area contributed by atoms with Crippen LogP contribution in [-0.4, -0.2) is 49.0 Å². The van der Waals surface area contributed by atoms with Crippen LogP contribution in [0, 0.1) is 13.8 Å². The molecule has 9 heteroatoms. The third-order valence-corrected chi connectivity index (χ3v) is 8.21. The zero-order chi connectivity index (χ0) is 23.7. The molecule has 8 nitrogen and oxygen atoms in total. The smallest absolute Gasteiger partial charge is 0.291 e. The molecule has 1 saturated heterocycles. The first-order valence-corrected chi connectivity index (χ1v) is 12.4. The SMILES string of the molecule is COc1cc(C2c3c(oc4c(C)cc(C)cc4c3=O)C(=O)N2C2CCS(=O)(=O)C2)ccc1O. The largest absolute Gasteiger partial charge is 0.504 e. The number of benzene rings is 2. The molecular formula is C24H23NO7S. The van der Waals surface area contributed by atoms with Crippen LogP contribution >= 0.6 is 0 Å². The number of sulfone groups is 1. The fraction of sp³-hybridized carbons (Fsp3) is 0.333. The maximum absolute atomic E-state index is 13.7. The Balaban J connectivity index is 1.80. The molecule has 0 bridgehead atoms. The highest BCUT2D eigenvalue weighted by molar-refractivity contribution is 7.91. The Morgan fingerprint density at radius 3 is 2.58 bits per heavy atom. The van der Waals surface area contributed by atoms with Crippen molar-refractivity contribution >= 4 is 26.7 Å². The van der Waals surface area contributed by atoms with E-state index in [1.807, 2.05) is 19.9 Å². The Morgan fingerprint density at radius 2 is 1.91 bits per heavy atom. The lowest BCUT2D eigenvalue weighted by molar-refractivity contribution is 0.0662. The molecule has 1 aromatic heterocycles. The topological polar surface area (TPSA) is 114 Å². The van der Waals surface area contributed by atoms with Crippen molar-refractivity contribution in [3.63, 3.8) is 0 Å². The van der Waals surface area contributed by atoms with Crippen molar-refractivity contribution in [3.05, 3.63) is 68.6 Å². The van der Waals surface area contributed by atoms with Crippen molar-refractivity contribution in [1.82, 2.24) is 4.90 Å². The molecule has 3 aromatic rings. The monoisotopic (exact) mass is 469 g/mol. The zero-order valence-corrected chi connectivity index (χ0v) is 19.2. The minimum absolute atomic E-state index is 0.0228. The summed E-state index contributed by atoms with van der Waals surface area (Å²) in [6.07, 6.45) is 0.277. The van der Waals surface area contributed by atoms with E-state index in [0.717, 1.165) is 11.1 Å². The van der Waals surface area contributed by atoms with Crippen molar-refractivity contribution in [2.75, 3.05) is 18.6 Å². The number of nitrogens with zero attached hydrogens (tertiary/aromatic N) is 1. The maximum Gasteiger partial charge on any atom is 0.291 e. The van der Waals surface area contributed by atoms with Gasteiger partial charge in [-0.25, -0.2) is 8.42 Å². The Bertz CT molecular complexity index is 1490. The third-order valence-electron chi connectivity index (χ3n) is 6.46. The summed E-state index contributed by atoms with van der Waals surface area (Å²) < 4.78 is 35.7. The van der Waals surface area contributed by atoms with E-state index < -0.39 is 27.8 Å². The lowest BCUT2D eigenvalue weighted by Crippen LogP contribution is -2.40. The molecule has 33 heavy (non-hydrogen) atoms. The molecule has 3 heterocycles. The highest BCUT2D eigenvalue weighted by atomic mass is 32.2. The first-order valence-electron chi connectivity index (χ1n) is 10.6. The van der Waals surface area contributed by atoms with Gasteiger partial charge >= 0.3 is 0 Å². The van der Waals surface area contributed by atoms with Crippen molar-refractivity contribution in [1.29, 1.82) is 0 Å². The predicted octanol–water partition coefficient (Wildman–Crippen LogP) is 2.86. The summed E-state index contributed by atoms with van der Waals surface area (Å²) in [4.78, 5) is 28.8. The van der Waals surface area contributed by atoms with E-state index in [0.29, 0.717) is 16.5 Å². The molecule has 2 aromatic carbocycles. The Kier molecular flexibility index (Phi) is 4.79. The van der Waals surface area contributed by atoms with Gasteiger partial charge in [-0.05, 0) is 55.2 Å². The molecule has 2 atom stereocenters. The maximum atomic E-state index is 13.7. The van der Waals surface area contributed by atoms with Gasteiger partial charge in [-0.2, -0.15) is 0 Å². The van der Waals surface area contributed by atoms with Gasteiger partial charge in [0.1, 0.15) is 5.58 Å². The number of phenols is 1. The zero-order valence-electron chi connectivity index (χ0n) is 18.4. The molecule has 1 fully saturated rings. The van der Waals surface area contributed by atoms with E-state index in [2.05, 4.69) is 0 Å². The fourth-order valence-electron chi connectivity index (χ4n) is 5.01. The van der Waals surface area contributed by atoms with E-state index in [4.69, 9.17) is 9.15 Å². The first-order chi connectivity index (χ1) is 15.6. The van der Waals surface area contributed by atoms with Crippen LogP contribution in [0.2, 0.25) is 0 Å². The summed E-state index contributed by atoms with van der Waals surface area (Å²) >= 11 is 0. The van der Waals surface area contributed by atoms with Gasteiger partial charge in [0.15, 0.2) is 26.8 Å². The molecule has 0 radical (unpaired) electrons. The quantitative estimate of drug-likeness (QED) is 0.627. The fourth-order valence-corrected chi connectivity index (χ4v) is 6.72. The molecule has 1 N–H and O–H groups in total. The van der Waals surface area contributed by atoms with Crippen molar-refractivity contribution in [3.8, 4) is 11.5 Å². The first kappa shape index (κ1) is 21.5. The number of ether oxygens (including phenoxy) is 1. The summed E-state index contributed by atoms with van der Waals surface area (Å²) in [5.41, 5.74) is 2.35. The highest BCUT2D eigenvalue weighted by Crippen LogP contribution is 2.43. The second kappa shape index (κ2) is 7.34. The Morgan fingerprint density at radius 1 is 1.15 bits per heavy atom. The van der Waals surface area contributed by atoms with Gasteiger partial charge in [0.2, 0.25) is 5.76 Å². The van der Waals surface area contributed by atoms with Crippen LogP contribution in [0.4, 0.5) is 0 Å². The van der Waals surface area contributed by atoms with Crippen LogP contribution in [0.5, 0.6) is 11.5 Å². The van der Waals surface area contributed by atoms with E-state index in [1.165, 1.54) is 18.1 Å². The standard InChI is InChI=1S/C24H23NO7S/c1-12-8-13(2)22-16(9-12)21(27)19-20(14-4-5-17(26)18(10-14)31-3)25(24(28)23(19)32-22)15-6-7-33(29,30)11-15/h4-5,8-10,15,20,26H,6-7,11H2,1-3H3. The van der Waals surface area contributed by atoms with Crippen LogP contribution in [0.15, 0.2) is 39.5 Å². The van der Waals surface area contributed by atoms with Crippen LogP contribution in [0.25, 0.3) is 11.0 Å². The van der Waals surface area contributed by atoms with Gasteiger partial charge in [0.05, 0.1) is 35.6 Å². The van der Waals surface area contributed by atoms with Crippen LogP contribution in [0.3, 0.4) is 0 Å². The number of hydrogen-bond acceptors (Lipinski definition) is 7. The normalized spacial score (nSPS) is 21.5. The van der Waals surface area contributed by atoms with Crippen molar-refractivity contribution in [2.45, 2.75) is 32.4 Å². The molecule has 5 rings (SSSR count). The summed E-state index contributed by atoms with van der Waals surface area (Å²) in [6.45, 7) is 3.69. The van der Waals surface area contributed by atoms with Crippen LogP contribution < -0.4 is 10.2 Å². The Labute approximate surface area is 190 Å². The minimum atomic E-state index is -3.30. The molecule has 172 valence electrons. The summed E-state index contributed by atoms with van der Waals surface area (Å²) in [5.74, 6) is -0.680. The number of aryl methyl sites for hydroxylation is 2. The van der Waals surface area contributed by atoms with Gasteiger partial charge in [0, 0.05) is 6.04 Å².